The molecule has 0 amide bonds. The molecule has 79 heavy (non-hydrogen) atoms. The number of phenolic OH excluding ortho intramolecular Hbond substituents is 1. The Labute approximate surface area is 432 Å². The minimum atomic E-state index is -0.401. The second kappa shape index (κ2) is 7.33. The van der Waals surface area contributed by atoms with E-state index in [0.717, 1.165) is 17.9 Å². The summed E-state index contributed by atoms with van der Waals surface area (Å²) in [5.74, 6) is 0.238. The lowest BCUT2D eigenvalue weighted by molar-refractivity contribution is 0.271. The summed E-state index contributed by atoms with van der Waals surface area (Å²) < 4.78 is 0. The van der Waals surface area contributed by atoms with Crippen LogP contribution in [-0.2, 0) is 10.8 Å². The van der Waals surface area contributed by atoms with Crippen molar-refractivity contribution in [1.29, 1.82) is 0 Å². The van der Waals surface area contributed by atoms with Gasteiger partial charge in [-0.15, -0.1) is 0 Å². The normalized spacial score (nSPS) is 22.6. The van der Waals surface area contributed by atoms with Gasteiger partial charge in [0.05, 0.1) is 22.2 Å². The van der Waals surface area contributed by atoms with Gasteiger partial charge in [0.25, 0.3) is 0 Å². The number of likely N-dealkylation sites (tertiary alicyclic amines) is 1. The molecule has 0 saturated carbocycles. The first kappa shape index (κ1) is 30.9. The minimum absolute atomic E-state index is 0.0614. The van der Waals surface area contributed by atoms with Crippen LogP contribution in [0.5, 0.6) is 5.75 Å². The van der Waals surface area contributed by atoms with E-state index in [1.165, 1.54) is 5.56 Å². The number of hydrogen-bond donors (Lipinski definition) is 1. The topological polar surface area (TPSA) is 48.2 Å². The maximum atomic E-state index is 10.0. The maximum Gasteiger partial charge on any atom is 0.115 e. The number of hydrogen-bond acceptors (Lipinski definition) is 4. The molecule has 1 atom stereocenters. The summed E-state index contributed by atoms with van der Waals surface area (Å²) in [6.07, 6.45) is 0. The number of nitrogens with zero attached hydrogens (tertiary/aromatic N) is 3. The molecule has 4 heteroatoms. The lowest BCUT2D eigenvalue weighted by Crippen LogP contribution is -2.51. The second-order valence-electron chi connectivity index (χ2n) is 28.1. The molecule has 30 aromatic rings. The highest BCUT2D eigenvalue weighted by Gasteiger charge is 2.75. The van der Waals surface area contributed by atoms with Gasteiger partial charge < -0.3 is 5.11 Å². The Balaban J connectivity index is 0.982. The molecular formula is C75H15N3O. The van der Waals surface area contributed by atoms with Crippen LogP contribution in [0.25, 0.3) is 291 Å². The molecule has 35 rings (SSSR count). The van der Waals surface area contributed by atoms with Gasteiger partial charge in [0.1, 0.15) is 5.75 Å². The van der Waals surface area contributed by atoms with E-state index in [9.17, 15) is 5.11 Å². The number of phenols is 1. The first-order chi connectivity index (χ1) is 39.2. The van der Waals surface area contributed by atoms with Crippen LogP contribution in [0.2, 0.25) is 0 Å². The van der Waals surface area contributed by atoms with Gasteiger partial charge in [-0.1, -0.05) is 12.1 Å². The van der Waals surface area contributed by atoms with Gasteiger partial charge in [-0.25, -0.2) is 0 Å². The van der Waals surface area contributed by atoms with E-state index in [0.29, 0.717) is 0 Å². The first-order valence-electron chi connectivity index (χ1n) is 29.0. The van der Waals surface area contributed by atoms with Crippen molar-refractivity contribution in [2.24, 2.45) is 10.2 Å². The van der Waals surface area contributed by atoms with Gasteiger partial charge in [-0.3, -0.25) is 4.90 Å². The fourth-order valence-corrected chi connectivity index (χ4v) is 26.9. The van der Waals surface area contributed by atoms with Crippen molar-refractivity contribution in [2.75, 3.05) is 13.6 Å². The second-order valence-corrected chi connectivity index (χ2v) is 28.1. The molecule has 0 bridgehead atoms. The quantitative estimate of drug-likeness (QED) is 0.142. The zero-order valence-corrected chi connectivity index (χ0v) is 40.7. The highest BCUT2D eigenvalue weighted by Crippen LogP contribution is 2.87. The molecule has 1 fully saturated rings. The van der Waals surface area contributed by atoms with Crippen LogP contribution in [-0.4, -0.2) is 23.6 Å². The van der Waals surface area contributed by atoms with E-state index in [4.69, 9.17) is 5.11 Å². The molecule has 1 N–H and O–H groups in total. The molecule has 0 radical (unpaired) electrons. The van der Waals surface area contributed by atoms with Crippen molar-refractivity contribution in [1.82, 2.24) is 4.90 Å². The van der Waals surface area contributed by atoms with Crippen molar-refractivity contribution < 1.29 is 5.11 Å². The fourth-order valence-electron chi connectivity index (χ4n) is 26.9. The third kappa shape index (κ3) is 1.81. The number of likely N-dealkylation sites (N-methyl/N-ethyl adjacent to an activating group) is 1. The molecule has 2 spiro atoms. The van der Waals surface area contributed by atoms with Crippen LogP contribution < -0.4 is 0 Å². The summed E-state index contributed by atoms with van der Waals surface area (Å²) in [7, 11) is 2.54. The van der Waals surface area contributed by atoms with Gasteiger partial charge in [-0.2, -0.15) is 10.2 Å². The predicted molar refractivity (Wildman–Crippen MR) is 328 cm³/mol. The molecule has 0 aromatic heterocycles. The lowest BCUT2D eigenvalue weighted by Gasteiger charge is -2.52. The Bertz CT molecular complexity index is 7760. The van der Waals surface area contributed by atoms with Gasteiger partial charge >= 0.3 is 0 Å². The highest BCUT2D eigenvalue weighted by atomic mass is 16.3. The Hall–Kier alpha value is -9.74. The molecule has 5 aliphatic rings. The Morgan fingerprint density at radius 3 is 0.734 bits per heavy atom. The van der Waals surface area contributed by atoms with Crippen LogP contribution in [0.1, 0.15) is 33.9 Å². The van der Waals surface area contributed by atoms with Crippen molar-refractivity contribution >= 4 is 302 Å². The predicted octanol–water partition coefficient (Wildman–Crippen LogP) is 20.1. The summed E-state index contributed by atoms with van der Waals surface area (Å²) in [4.78, 5) is 2.90. The average Bonchev–Trinajstić information content (AvgIpc) is 1.56. The fraction of sp³-hybridized carbons (Fsp3) is 0.0667. The van der Waals surface area contributed by atoms with E-state index in [1.54, 1.807) is 325 Å². The third-order valence-electron chi connectivity index (χ3n) is 27.2. The van der Waals surface area contributed by atoms with E-state index in [-0.39, 0.29) is 17.2 Å². The van der Waals surface area contributed by atoms with Crippen LogP contribution in [0.3, 0.4) is 0 Å². The molecule has 4 nitrogen and oxygen atoms in total. The lowest BCUT2D eigenvalue weighted by atomic mass is 9.47. The van der Waals surface area contributed by atoms with E-state index < -0.39 is 5.41 Å². The van der Waals surface area contributed by atoms with Crippen molar-refractivity contribution in [3.8, 4) is 5.75 Å². The Morgan fingerprint density at radius 1 is 0.291 bits per heavy atom. The van der Waals surface area contributed by atoms with Gasteiger partial charge in [0, 0.05) is 12.6 Å². The summed E-state index contributed by atoms with van der Waals surface area (Å²) in [6, 6.07) is 16.5. The Morgan fingerprint density at radius 2 is 0.494 bits per heavy atom. The zero-order chi connectivity index (χ0) is 47.7. The molecular weight excluding hydrogens is 959 g/mol. The number of benzene rings is 20. The SMILES string of the molecule is CN1CC23c4c5c6c7c8c9c(c%10c%11c2c2c4c4c%12c5c5c6c6c8c8c%13c9c9c%10c%10c%11c%11c2c2c4c4c%12c%12c5c5c6c8c6c8c%13c9c9c%10c%10c%11c2c2c4c4c%12c5c6c5c8c9c%10c2c45)C73C1c1ccc(N=Nc2ccc(O)cc2)cc1. The summed E-state index contributed by atoms with van der Waals surface area (Å²) in [5.41, 5.74) is 9.15. The molecule has 4 aliphatic carbocycles. The molecule has 1 heterocycles. The summed E-state index contributed by atoms with van der Waals surface area (Å²) >= 11 is 0. The number of aromatic hydroxyl groups is 1. The van der Waals surface area contributed by atoms with E-state index in [2.05, 4.69) is 41.3 Å². The van der Waals surface area contributed by atoms with Crippen molar-refractivity contribution in [2.45, 2.75) is 16.9 Å². The van der Waals surface area contributed by atoms with Crippen LogP contribution >= 0.6 is 0 Å². The standard InChI is InChI=1S/C75H15N3O/c1-78-10-74-69-61-53-43-33-25-17-15-16-19-23-21(17)29-37-31(23)41-35-27(19)28-20(16)24-22-18(15)26(25)34-40-30(22)38-32(24)42-36(28)46-45(35)57-51(41)59-49(37)55(47(53)39(29)33)63(69)65(59)71-67(57)68-58(46)52(42)60-50(38)56-48(40)54(44(34)43)62(61)70(74)64(56)66(60)72(68)75(71,74)73(78)11-2-4-12(5-3-11)76-77-13-6-8-14(79)9-7-13/h2-9,73,79H,10H2,1H3. The molecule has 1 saturated heterocycles. The van der Waals surface area contributed by atoms with Gasteiger partial charge in [0.15, 0.2) is 0 Å². The third-order valence-corrected chi connectivity index (χ3v) is 27.2. The monoisotopic (exact) mass is 973 g/mol. The smallest absolute Gasteiger partial charge is 0.115 e. The largest absolute Gasteiger partial charge is 0.508 e. The van der Waals surface area contributed by atoms with E-state index >= 15 is 0 Å². The maximum absolute atomic E-state index is 10.0. The van der Waals surface area contributed by atoms with Crippen molar-refractivity contribution in [3.05, 3.63) is 76.3 Å². The number of rotatable bonds is 3. The van der Waals surface area contributed by atoms with Crippen LogP contribution in [0.4, 0.5) is 11.4 Å². The number of azo groups is 1. The zero-order valence-electron chi connectivity index (χ0n) is 40.7. The van der Waals surface area contributed by atoms with Gasteiger partial charge in [-0.05, 0) is 362 Å². The van der Waals surface area contributed by atoms with E-state index in [1.807, 2.05) is 12.1 Å². The van der Waals surface area contributed by atoms with Crippen LogP contribution in [0, 0.1) is 0 Å². The highest BCUT2D eigenvalue weighted by molar-refractivity contribution is 6.82. The average molecular weight is 974 g/mol. The van der Waals surface area contributed by atoms with Gasteiger partial charge in [0.2, 0.25) is 0 Å². The minimum Gasteiger partial charge on any atom is -0.508 e. The van der Waals surface area contributed by atoms with Crippen LogP contribution in [0.15, 0.2) is 58.8 Å². The molecule has 1 unspecified atom stereocenters. The first-order valence-corrected chi connectivity index (χ1v) is 29.0. The Kier molecular flexibility index (Phi) is 2.86. The molecule has 30 aromatic carbocycles. The molecule has 336 valence electrons. The molecule has 1 aliphatic heterocycles. The summed E-state index contributed by atoms with van der Waals surface area (Å²) in [6.45, 7) is 0.982. The summed E-state index contributed by atoms with van der Waals surface area (Å²) in [5, 5.41) is 108. The van der Waals surface area contributed by atoms with Crippen molar-refractivity contribution in [3.63, 3.8) is 0 Å².